The first-order valence-electron chi connectivity index (χ1n) is 11.9. The van der Waals surface area contributed by atoms with Crippen LogP contribution >= 0.6 is 0 Å². The summed E-state index contributed by atoms with van der Waals surface area (Å²) in [4.78, 5) is 13.6. The van der Waals surface area contributed by atoms with Crippen LogP contribution in [0.25, 0.3) is 21.9 Å². The average Bonchev–Trinajstić information content (AvgIpc) is 2.87. The second kappa shape index (κ2) is 11.3. The van der Waals surface area contributed by atoms with Gasteiger partial charge in [0, 0.05) is 25.1 Å². The molecule has 1 saturated heterocycles. The van der Waals surface area contributed by atoms with Crippen LogP contribution in [0, 0.1) is 0 Å². The molecule has 3 aromatic rings. The number of carboxylic acids is 1. The van der Waals surface area contributed by atoms with Crippen molar-refractivity contribution in [3.63, 3.8) is 0 Å². The number of carbonyl (C=O) groups is 1. The number of methoxy groups -OCH3 is 2. The fraction of sp³-hybridized carbons (Fsp3) is 0.393. The van der Waals surface area contributed by atoms with Crippen molar-refractivity contribution in [3.8, 4) is 28.4 Å². The Bertz CT molecular complexity index is 1140. The van der Waals surface area contributed by atoms with E-state index in [4.69, 9.17) is 19.3 Å². The Balaban J connectivity index is 1.73. The molecular weight excluding hydrogens is 430 g/mol. The number of likely N-dealkylation sites (tertiary alicyclic amines) is 1. The minimum Gasteiger partial charge on any atom is -0.496 e. The van der Waals surface area contributed by atoms with Crippen molar-refractivity contribution >= 4 is 16.7 Å². The number of ether oxygens (including phenoxy) is 3. The number of hydrogen-bond acceptors (Lipinski definition) is 5. The van der Waals surface area contributed by atoms with Gasteiger partial charge >= 0.3 is 5.97 Å². The van der Waals surface area contributed by atoms with Crippen molar-refractivity contribution in [2.45, 2.75) is 32.1 Å². The van der Waals surface area contributed by atoms with Crippen molar-refractivity contribution in [2.75, 3.05) is 40.5 Å². The molecule has 0 spiro atoms. The van der Waals surface area contributed by atoms with Gasteiger partial charge in [0.1, 0.15) is 23.9 Å². The minimum absolute atomic E-state index is 0.0973. The summed E-state index contributed by atoms with van der Waals surface area (Å²) >= 11 is 0. The molecule has 0 saturated carbocycles. The number of rotatable bonds is 10. The van der Waals surface area contributed by atoms with Crippen molar-refractivity contribution in [3.05, 3.63) is 54.1 Å². The highest BCUT2D eigenvalue weighted by Gasteiger charge is 2.19. The molecule has 1 fully saturated rings. The van der Waals surface area contributed by atoms with Gasteiger partial charge in [0.2, 0.25) is 0 Å². The van der Waals surface area contributed by atoms with Gasteiger partial charge in [-0.1, -0.05) is 42.8 Å². The normalized spacial score (nSPS) is 14.2. The Morgan fingerprint density at radius 2 is 1.68 bits per heavy atom. The number of aliphatic carboxylic acids is 1. The van der Waals surface area contributed by atoms with E-state index in [-0.39, 0.29) is 6.42 Å². The number of benzene rings is 3. The summed E-state index contributed by atoms with van der Waals surface area (Å²) in [6.07, 6.45) is 4.39. The second-order valence-corrected chi connectivity index (χ2v) is 8.67. The smallest absolute Gasteiger partial charge is 0.303 e. The SMILES string of the molecule is COc1cc(OC)c(-c2cccc3c(CCC(=O)O)cccc23)c(OCCN2CCCCC2)c1. The van der Waals surface area contributed by atoms with Crippen molar-refractivity contribution in [1.82, 2.24) is 4.90 Å². The fourth-order valence-electron chi connectivity index (χ4n) is 4.74. The molecule has 4 rings (SSSR count). The van der Waals surface area contributed by atoms with E-state index in [0.29, 0.717) is 24.5 Å². The van der Waals surface area contributed by atoms with Crippen LogP contribution in [-0.4, -0.2) is 56.4 Å². The summed E-state index contributed by atoms with van der Waals surface area (Å²) in [6.45, 7) is 3.71. The standard InChI is InChI=1S/C28H33NO5/c1-32-21-18-25(33-2)28(26(19-21)34-17-16-29-14-4-3-5-15-29)24-11-7-9-22-20(12-13-27(30)31)8-6-10-23(22)24/h6-11,18-19H,3-5,12-17H2,1-2H3,(H,30,31). The van der Waals surface area contributed by atoms with E-state index in [9.17, 15) is 4.79 Å². The molecule has 1 aliphatic rings. The Hall–Kier alpha value is -3.25. The van der Waals surface area contributed by atoms with Crippen molar-refractivity contribution < 1.29 is 24.1 Å². The van der Waals surface area contributed by atoms with E-state index in [2.05, 4.69) is 17.0 Å². The van der Waals surface area contributed by atoms with Crippen LogP contribution in [0.2, 0.25) is 0 Å². The van der Waals surface area contributed by atoms with E-state index in [1.54, 1.807) is 14.2 Å². The lowest BCUT2D eigenvalue weighted by Gasteiger charge is -2.26. The highest BCUT2D eigenvalue weighted by atomic mass is 16.5. The first-order valence-corrected chi connectivity index (χ1v) is 11.9. The van der Waals surface area contributed by atoms with Crippen LogP contribution < -0.4 is 14.2 Å². The summed E-state index contributed by atoms with van der Waals surface area (Å²) in [5.74, 6) is 1.28. The maximum atomic E-state index is 11.2. The summed E-state index contributed by atoms with van der Waals surface area (Å²) in [6, 6.07) is 15.9. The number of carboxylic acid groups (broad SMARTS) is 1. The van der Waals surface area contributed by atoms with E-state index < -0.39 is 5.97 Å². The Labute approximate surface area is 201 Å². The quantitative estimate of drug-likeness (QED) is 0.434. The molecule has 1 heterocycles. The highest BCUT2D eigenvalue weighted by molar-refractivity contribution is 6.01. The summed E-state index contributed by atoms with van der Waals surface area (Å²) in [5.41, 5.74) is 2.88. The summed E-state index contributed by atoms with van der Waals surface area (Å²) < 4.78 is 17.7. The van der Waals surface area contributed by atoms with Gasteiger partial charge in [0.25, 0.3) is 0 Å². The van der Waals surface area contributed by atoms with Gasteiger partial charge in [-0.15, -0.1) is 0 Å². The fourth-order valence-corrected chi connectivity index (χ4v) is 4.74. The van der Waals surface area contributed by atoms with Gasteiger partial charge in [0.15, 0.2) is 0 Å². The zero-order valence-electron chi connectivity index (χ0n) is 20.0. The van der Waals surface area contributed by atoms with E-state index in [1.165, 1.54) is 19.3 Å². The van der Waals surface area contributed by atoms with E-state index in [0.717, 1.165) is 52.8 Å². The first-order chi connectivity index (χ1) is 16.6. The summed E-state index contributed by atoms with van der Waals surface area (Å²) in [7, 11) is 3.29. The van der Waals surface area contributed by atoms with Crippen LogP contribution in [0.4, 0.5) is 0 Å². The first kappa shape index (κ1) is 23.9. The third-order valence-corrected chi connectivity index (χ3v) is 6.50. The Morgan fingerprint density at radius 1 is 0.941 bits per heavy atom. The molecule has 0 aromatic heterocycles. The lowest BCUT2D eigenvalue weighted by atomic mass is 9.93. The number of fused-ring (bicyclic) bond motifs is 1. The topological polar surface area (TPSA) is 68.2 Å². The largest absolute Gasteiger partial charge is 0.496 e. The molecule has 6 nitrogen and oxygen atoms in total. The van der Waals surface area contributed by atoms with Gasteiger partial charge in [-0.2, -0.15) is 0 Å². The number of piperidine rings is 1. The molecule has 1 N–H and O–H groups in total. The predicted molar refractivity (Wildman–Crippen MR) is 134 cm³/mol. The van der Waals surface area contributed by atoms with Gasteiger partial charge < -0.3 is 19.3 Å². The molecular formula is C28H33NO5. The zero-order valence-corrected chi connectivity index (χ0v) is 20.0. The molecule has 3 aromatic carbocycles. The maximum absolute atomic E-state index is 11.2. The number of hydrogen-bond donors (Lipinski definition) is 1. The molecule has 180 valence electrons. The summed E-state index contributed by atoms with van der Waals surface area (Å²) in [5, 5.41) is 11.2. The molecule has 0 aliphatic carbocycles. The lowest BCUT2D eigenvalue weighted by molar-refractivity contribution is -0.136. The van der Waals surface area contributed by atoms with Gasteiger partial charge in [-0.05, 0) is 54.3 Å². The second-order valence-electron chi connectivity index (χ2n) is 8.67. The minimum atomic E-state index is -0.797. The van der Waals surface area contributed by atoms with E-state index >= 15 is 0 Å². The number of aryl methyl sites for hydroxylation is 1. The molecule has 0 unspecified atom stereocenters. The van der Waals surface area contributed by atoms with Crippen LogP contribution in [0.5, 0.6) is 17.2 Å². The molecule has 0 bridgehead atoms. The lowest BCUT2D eigenvalue weighted by Crippen LogP contribution is -2.33. The Morgan fingerprint density at radius 3 is 2.41 bits per heavy atom. The molecule has 6 heteroatoms. The molecule has 0 atom stereocenters. The van der Waals surface area contributed by atoms with Crippen LogP contribution in [0.15, 0.2) is 48.5 Å². The van der Waals surface area contributed by atoms with Crippen LogP contribution in [0.1, 0.15) is 31.2 Å². The monoisotopic (exact) mass is 463 g/mol. The van der Waals surface area contributed by atoms with Crippen LogP contribution in [0.3, 0.4) is 0 Å². The van der Waals surface area contributed by atoms with Gasteiger partial charge in [-0.3, -0.25) is 9.69 Å². The zero-order chi connectivity index (χ0) is 23.9. The molecule has 0 radical (unpaired) electrons. The van der Waals surface area contributed by atoms with Gasteiger partial charge in [-0.25, -0.2) is 0 Å². The maximum Gasteiger partial charge on any atom is 0.303 e. The number of nitrogens with zero attached hydrogens (tertiary/aromatic N) is 1. The molecule has 1 aliphatic heterocycles. The third kappa shape index (κ3) is 5.45. The average molecular weight is 464 g/mol. The van der Waals surface area contributed by atoms with Crippen molar-refractivity contribution in [2.24, 2.45) is 0 Å². The van der Waals surface area contributed by atoms with Crippen molar-refractivity contribution in [1.29, 1.82) is 0 Å². The van der Waals surface area contributed by atoms with Crippen LogP contribution in [-0.2, 0) is 11.2 Å². The molecule has 34 heavy (non-hydrogen) atoms. The third-order valence-electron chi connectivity index (χ3n) is 6.50. The Kier molecular flexibility index (Phi) is 7.91. The predicted octanol–water partition coefficient (Wildman–Crippen LogP) is 5.41. The molecule has 0 amide bonds. The van der Waals surface area contributed by atoms with E-state index in [1.807, 2.05) is 36.4 Å². The van der Waals surface area contributed by atoms with Gasteiger partial charge in [0.05, 0.1) is 19.8 Å². The highest BCUT2D eigenvalue weighted by Crippen LogP contribution is 2.44.